The number of Topliss-reactive ketones (excluding diaryl/α,β-unsaturated/α-hetero) is 2. The number of hydrogen-bond acceptors (Lipinski definition) is 4. The molecule has 1 aliphatic rings. The molecule has 114 valence electrons. The van der Waals surface area contributed by atoms with Crippen LogP contribution >= 0.6 is 0 Å². The zero-order valence-corrected chi connectivity index (χ0v) is 12.4. The van der Waals surface area contributed by atoms with E-state index in [0.29, 0.717) is 16.7 Å². The predicted molar refractivity (Wildman–Crippen MR) is 85.6 cm³/mol. The van der Waals surface area contributed by atoms with Crippen LogP contribution in [0.25, 0.3) is 0 Å². The van der Waals surface area contributed by atoms with Crippen molar-refractivity contribution in [2.45, 2.75) is 6.92 Å². The maximum Gasteiger partial charge on any atom is 0.271 e. The summed E-state index contributed by atoms with van der Waals surface area (Å²) in [5.41, 5.74) is 3.94. The predicted octanol–water partition coefficient (Wildman–Crippen LogP) is 2.49. The van der Waals surface area contributed by atoms with Gasteiger partial charge in [-0.15, -0.1) is 0 Å². The van der Waals surface area contributed by atoms with E-state index in [1.165, 1.54) is 0 Å². The Labute approximate surface area is 133 Å². The quantitative estimate of drug-likeness (QED) is 0.538. The molecule has 2 aromatic carbocycles. The van der Waals surface area contributed by atoms with Crippen LogP contribution in [0.4, 0.5) is 0 Å². The normalized spacial score (nSPS) is 14.7. The van der Waals surface area contributed by atoms with E-state index in [9.17, 15) is 14.4 Å². The summed E-state index contributed by atoms with van der Waals surface area (Å²) in [6.07, 6.45) is 0. The highest BCUT2D eigenvalue weighted by Gasteiger charge is 2.40. The number of ketones is 2. The lowest BCUT2D eigenvalue weighted by atomic mass is 9.99. The number of amides is 1. The van der Waals surface area contributed by atoms with Gasteiger partial charge in [-0.1, -0.05) is 42.5 Å². The topological polar surface area (TPSA) is 75.6 Å². The molecule has 0 bridgehead atoms. The van der Waals surface area contributed by atoms with E-state index in [4.69, 9.17) is 0 Å². The number of hydrogen-bond donors (Lipinski definition) is 1. The molecule has 0 saturated carbocycles. The molecular formula is C18H14N2O3. The van der Waals surface area contributed by atoms with Crippen molar-refractivity contribution in [3.8, 4) is 0 Å². The Morgan fingerprint density at radius 2 is 1.43 bits per heavy atom. The van der Waals surface area contributed by atoms with Crippen molar-refractivity contribution in [3.63, 3.8) is 0 Å². The molecule has 1 N–H and O–H groups in total. The van der Waals surface area contributed by atoms with Crippen LogP contribution in [0.5, 0.6) is 0 Å². The molecule has 1 aliphatic carbocycles. The monoisotopic (exact) mass is 306 g/mol. The molecule has 0 saturated heterocycles. The Morgan fingerprint density at radius 3 is 2.00 bits per heavy atom. The van der Waals surface area contributed by atoms with Gasteiger partial charge in [0.25, 0.3) is 5.91 Å². The zero-order valence-electron chi connectivity index (χ0n) is 12.4. The van der Waals surface area contributed by atoms with Crippen molar-refractivity contribution in [2.75, 3.05) is 0 Å². The fourth-order valence-electron chi connectivity index (χ4n) is 2.58. The highest BCUT2D eigenvalue weighted by Crippen LogP contribution is 2.27. The van der Waals surface area contributed by atoms with Gasteiger partial charge >= 0.3 is 0 Å². The van der Waals surface area contributed by atoms with Crippen molar-refractivity contribution >= 4 is 23.2 Å². The Balaban J connectivity index is 1.79. The fraction of sp³-hybridized carbons (Fsp3) is 0.111. The van der Waals surface area contributed by atoms with E-state index in [-0.39, 0.29) is 23.2 Å². The van der Waals surface area contributed by atoms with E-state index < -0.39 is 5.92 Å². The van der Waals surface area contributed by atoms with Crippen molar-refractivity contribution < 1.29 is 14.4 Å². The third kappa shape index (κ3) is 2.68. The number of benzene rings is 2. The summed E-state index contributed by atoms with van der Waals surface area (Å²) < 4.78 is 0. The Morgan fingerprint density at radius 1 is 0.913 bits per heavy atom. The smallest absolute Gasteiger partial charge is 0.271 e. The Hall–Kier alpha value is -3.08. The third-order valence-corrected chi connectivity index (χ3v) is 3.77. The molecule has 0 atom stereocenters. The fourth-order valence-corrected chi connectivity index (χ4v) is 2.58. The number of carbonyl (C=O) groups is 3. The largest absolute Gasteiger partial charge is 0.293 e. The molecule has 3 rings (SSSR count). The third-order valence-electron chi connectivity index (χ3n) is 3.77. The second kappa shape index (κ2) is 5.96. The van der Waals surface area contributed by atoms with Gasteiger partial charge in [0.1, 0.15) is 5.92 Å². The molecule has 0 unspecified atom stereocenters. The summed E-state index contributed by atoms with van der Waals surface area (Å²) >= 11 is 0. The molecule has 0 radical (unpaired) electrons. The molecule has 1 amide bonds. The summed E-state index contributed by atoms with van der Waals surface area (Å²) in [5, 5.41) is 3.94. The molecule has 0 aromatic heterocycles. The van der Waals surface area contributed by atoms with Crippen LogP contribution in [-0.4, -0.2) is 23.2 Å². The molecular weight excluding hydrogens is 292 g/mol. The van der Waals surface area contributed by atoms with E-state index in [1.54, 1.807) is 61.5 Å². The SMILES string of the molecule is CC(=NNC(=O)c1ccccc1)C1C(=O)c2ccccc2C1=O. The first-order valence-corrected chi connectivity index (χ1v) is 7.16. The van der Waals surface area contributed by atoms with Gasteiger partial charge in [0.15, 0.2) is 11.6 Å². The van der Waals surface area contributed by atoms with Crippen LogP contribution in [0.3, 0.4) is 0 Å². The maximum atomic E-state index is 12.3. The van der Waals surface area contributed by atoms with Gasteiger partial charge in [0.05, 0.1) is 5.71 Å². The van der Waals surface area contributed by atoms with Crippen LogP contribution in [0.15, 0.2) is 59.7 Å². The second-order valence-electron chi connectivity index (χ2n) is 5.27. The Bertz CT molecular complexity index is 790. The summed E-state index contributed by atoms with van der Waals surface area (Å²) in [6, 6.07) is 15.3. The van der Waals surface area contributed by atoms with Crippen molar-refractivity contribution in [3.05, 3.63) is 71.3 Å². The van der Waals surface area contributed by atoms with Gasteiger partial charge in [-0.2, -0.15) is 5.10 Å². The van der Waals surface area contributed by atoms with Crippen LogP contribution in [0.2, 0.25) is 0 Å². The molecule has 0 fully saturated rings. The van der Waals surface area contributed by atoms with Crippen LogP contribution in [0.1, 0.15) is 38.0 Å². The van der Waals surface area contributed by atoms with Crippen LogP contribution in [0, 0.1) is 5.92 Å². The standard InChI is InChI=1S/C18H14N2O3/c1-11(19-20-18(23)12-7-3-2-4-8-12)15-16(21)13-9-5-6-10-14(13)17(15)22/h2-10,15H,1H3,(H,20,23). The average molecular weight is 306 g/mol. The van der Waals surface area contributed by atoms with E-state index in [0.717, 1.165) is 0 Å². The maximum absolute atomic E-state index is 12.3. The van der Waals surface area contributed by atoms with Gasteiger partial charge in [0, 0.05) is 16.7 Å². The van der Waals surface area contributed by atoms with Gasteiger partial charge < -0.3 is 0 Å². The number of fused-ring (bicyclic) bond motifs is 1. The van der Waals surface area contributed by atoms with Crippen molar-refractivity contribution in [2.24, 2.45) is 11.0 Å². The number of nitrogens with one attached hydrogen (secondary N) is 1. The van der Waals surface area contributed by atoms with Gasteiger partial charge in [0.2, 0.25) is 0 Å². The summed E-state index contributed by atoms with van der Waals surface area (Å²) in [4.78, 5) is 36.7. The molecule has 5 nitrogen and oxygen atoms in total. The molecule has 0 aliphatic heterocycles. The lowest BCUT2D eigenvalue weighted by Crippen LogP contribution is -2.27. The highest BCUT2D eigenvalue weighted by molar-refractivity contribution is 6.36. The molecule has 23 heavy (non-hydrogen) atoms. The van der Waals surface area contributed by atoms with Gasteiger partial charge in [-0.25, -0.2) is 5.43 Å². The minimum absolute atomic E-state index is 0.277. The van der Waals surface area contributed by atoms with E-state index >= 15 is 0 Å². The molecule has 2 aromatic rings. The highest BCUT2D eigenvalue weighted by atomic mass is 16.2. The van der Waals surface area contributed by atoms with Crippen molar-refractivity contribution in [1.29, 1.82) is 0 Å². The van der Waals surface area contributed by atoms with Gasteiger partial charge in [-0.3, -0.25) is 14.4 Å². The lowest BCUT2D eigenvalue weighted by molar-refractivity contribution is 0.0877. The minimum Gasteiger partial charge on any atom is -0.293 e. The number of hydrazone groups is 1. The molecule has 0 heterocycles. The minimum atomic E-state index is -0.955. The number of rotatable bonds is 3. The van der Waals surface area contributed by atoms with E-state index in [2.05, 4.69) is 10.5 Å². The van der Waals surface area contributed by atoms with E-state index in [1.807, 2.05) is 0 Å². The molecule has 0 spiro atoms. The number of nitrogens with zero attached hydrogens (tertiary/aromatic N) is 1. The average Bonchev–Trinajstić information content (AvgIpc) is 2.85. The Kier molecular flexibility index (Phi) is 3.85. The van der Waals surface area contributed by atoms with Gasteiger partial charge in [-0.05, 0) is 19.1 Å². The first-order valence-electron chi connectivity index (χ1n) is 7.16. The summed E-state index contributed by atoms with van der Waals surface area (Å²) in [5.74, 6) is -1.90. The number of carbonyl (C=O) groups excluding carboxylic acids is 3. The summed E-state index contributed by atoms with van der Waals surface area (Å²) in [7, 11) is 0. The lowest BCUT2D eigenvalue weighted by Gasteiger charge is -2.07. The zero-order chi connectivity index (χ0) is 16.4. The second-order valence-corrected chi connectivity index (χ2v) is 5.27. The first-order chi connectivity index (χ1) is 11.1. The van der Waals surface area contributed by atoms with Crippen LogP contribution in [-0.2, 0) is 0 Å². The summed E-state index contributed by atoms with van der Waals surface area (Å²) in [6.45, 7) is 1.57. The van der Waals surface area contributed by atoms with Crippen LogP contribution < -0.4 is 5.43 Å². The molecule has 5 heteroatoms. The first kappa shape index (κ1) is 14.8. The van der Waals surface area contributed by atoms with Crippen molar-refractivity contribution in [1.82, 2.24) is 5.43 Å².